The fraction of sp³-hybridized carbons (Fsp3) is 0.467. The molecule has 1 unspecified atom stereocenters. The highest BCUT2D eigenvalue weighted by Gasteiger charge is 2.25. The van der Waals surface area contributed by atoms with Crippen LogP contribution < -0.4 is 10.6 Å². The van der Waals surface area contributed by atoms with E-state index >= 15 is 0 Å². The van der Waals surface area contributed by atoms with Gasteiger partial charge < -0.3 is 10.6 Å². The van der Waals surface area contributed by atoms with Gasteiger partial charge in [0.25, 0.3) is 0 Å². The van der Waals surface area contributed by atoms with Gasteiger partial charge in [0, 0.05) is 0 Å². The predicted octanol–water partition coefficient (Wildman–Crippen LogP) is 3.42. The Hall–Kier alpha value is -2.09. The smallest absolute Gasteiger partial charge is 0.320 e. The highest BCUT2D eigenvalue weighted by Crippen LogP contribution is 2.26. The first-order valence-electron chi connectivity index (χ1n) is 6.92. The van der Waals surface area contributed by atoms with E-state index in [0.717, 1.165) is 25.7 Å². The number of carbonyl (C=O) groups is 1. The van der Waals surface area contributed by atoms with Crippen LogP contribution in [0.2, 0.25) is 0 Å². The Morgan fingerprint density at radius 3 is 2.65 bits per heavy atom. The lowest BCUT2D eigenvalue weighted by Gasteiger charge is -2.26. The number of hydrogen-bond donors (Lipinski definition) is 2. The van der Waals surface area contributed by atoms with Crippen LogP contribution in [0, 0.1) is 23.1 Å². The van der Waals surface area contributed by atoms with Crippen molar-refractivity contribution in [1.82, 2.24) is 5.32 Å². The molecule has 0 saturated heterocycles. The van der Waals surface area contributed by atoms with Crippen molar-refractivity contribution in [3.8, 4) is 6.07 Å². The van der Waals surface area contributed by atoms with Crippen LogP contribution in [0.15, 0.2) is 24.3 Å². The molecule has 5 heteroatoms. The van der Waals surface area contributed by atoms with Crippen LogP contribution in [0.5, 0.6) is 0 Å². The number of benzene rings is 1. The van der Waals surface area contributed by atoms with Crippen molar-refractivity contribution in [1.29, 1.82) is 5.26 Å². The molecular weight excluding hydrogens is 257 g/mol. The molecule has 1 aliphatic carbocycles. The average Bonchev–Trinajstić information content (AvgIpc) is 2.48. The molecule has 0 spiro atoms. The minimum Gasteiger partial charge on any atom is -0.322 e. The van der Waals surface area contributed by atoms with Gasteiger partial charge in [0.05, 0.1) is 11.8 Å². The lowest BCUT2D eigenvalue weighted by molar-refractivity contribution is 0.241. The van der Waals surface area contributed by atoms with Crippen molar-refractivity contribution in [3.05, 3.63) is 30.1 Å². The van der Waals surface area contributed by atoms with Crippen molar-refractivity contribution in [2.45, 2.75) is 38.1 Å². The lowest BCUT2D eigenvalue weighted by atomic mass is 9.84. The van der Waals surface area contributed by atoms with Gasteiger partial charge in [-0.25, -0.2) is 9.18 Å². The molecule has 4 nitrogen and oxygen atoms in total. The minimum atomic E-state index is -0.535. The van der Waals surface area contributed by atoms with Crippen LogP contribution in [0.4, 0.5) is 14.9 Å². The average molecular weight is 275 g/mol. The van der Waals surface area contributed by atoms with Crippen LogP contribution in [0.3, 0.4) is 0 Å². The fourth-order valence-corrected chi connectivity index (χ4v) is 2.59. The molecule has 0 aliphatic heterocycles. The zero-order chi connectivity index (χ0) is 14.4. The number of nitrogens with one attached hydrogen (secondary N) is 2. The Bertz CT molecular complexity index is 506. The Kier molecular flexibility index (Phi) is 4.94. The molecule has 0 bridgehead atoms. The van der Waals surface area contributed by atoms with Gasteiger partial charge in [0.15, 0.2) is 0 Å². The summed E-state index contributed by atoms with van der Waals surface area (Å²) in [5.74, 6) is -0.297. The minimum absolute atomic E-state index is 0.116. The number of halogens is 1. The number of hydrogen-bond acceptors (Lipinski definition) is 2. The van der Waals surface area contributed by atoms with E-state index in [2.05, 4.69) is 16.7 Å². The van der Waals surface area contributed by atoms with Crippen LogP contribution in [0.25, 0.3) is 0 Å². The maximum atomic E-state index is 13.4. The zero-order valence-electron chi connectivity index (χ0n) is 11.2. The van der Waals surface area contributed by atoms with Crippen molar-refractivity contribution < 1.29 is 9.18 Å². The second-order valence-electron chi connectivity index (χ2n) is 5.08. The topological polar surface area (TPSA) is 64.9 Å². The number of rotatable bonds is 3. The summed E-state index contributed by atoms with van der Waals surface area (Å²) in [5.41, 5.74) is 0.116. The fourth-order valence-electron chi connectivity index (χ4n) is 2.59. The van der Waals surface area contributed by atoms with Crippen molar-refractivity contribution >= 4 is 11.7 Å². The van der Waals surface area contributed by atoms with Crippen LogP contribution in [-0.4, -0.2) is 12.1 Å². The number of carbonyl (C=O) groups excluding carboxylic acids is 1. The van der Waals surface area contributed by atoms with E-state index in [1.54, 1.807) is 12.1 Å². The van der Waals surface area contributed by atoms with Gasteiger partial charge in [0.1, 0.15) is 11.9 Å². The largest absolute Gasteiger partial charge is 0.322 e. The summed E-state index contributed by atoms with van der Waals surface area (Å²) in [6, 6.07) is 7.04. The summed E-state index contributed by atoms with van der Waals surface area (Å²) in [4.78, 5) is 11.8. The van der Waals surface area contributed by atoms with Crippen molar-refractivity contribution in [3.63, 3.8) is 0 Å². The van der Waals surface area contributed by atoms with Gasteiger partial charge >= 0.3 is 6.03 Å². The number of nitrogens with zero attached hydrogens (tertiary/aromatic N) is 1. The molecule has 1 aromatic rings. The molecule has 2 rings (SSSR count). The maximum absolute atomic E-state index is 13.4. The molecule has 20 heavy (non-hydrogen) atoms. The number of amides is 2. The first kappa shape index (κ1) is 14.3. The summed E-state index contributed by atoms with van der Waals surface area (Å²) < 4.78 is 13.4. The number of para-hydroxylation sites is 1. The van der Waals surface area contributed by atoms with E-state index in [4.69, 9.17) is 0 Å². The zero-order valence-corrected chi connectivity index (χ0v) is 11.2. The number of nitriles is 1. The standard InChI is InChI=1S/C15H18FN3O/c16-12-8-4-5-9-13(12)18-15(20)19-14(10-17)11-6-2-1-3-7-11/h4-5,8-9,11,14H,1-3,6-7H2,(H2,18,19,20). The monoisotopic (exact) mass is 275 g/mol. The van der Waals surface area contributed by atoms with E-state index in [1.807, 2.05) is 0 Å². The molecule has 0 aromatic heterocycles. The molecule has 1 fully saturated rings. The van der Waals surface area contributed by atoms with Gasteiger partial charge in [-0.3, -0.25) is 0 Å². The molecule has 0 radical (unpaired) electrons. The quantitative estimate of drug-likeness (QED) is 0.887. The molecule has 1 aromatic carbocycles. The SMILES string of the molecule is N#CC(NC(=O)Nc1ccccc1F)C1CCCCC1. The van der Waals surface area contributed by atoms with Crippen molar-refractivity contribution in [2.24, 2.45) is 5.92 Å². The highest BCUT2D eigenvalue weighted by molar-refractivity contribution is 5.89. The van der Waals surface area contributed by atoms with E-state index in [-0.39, 0.29) is 11.6 Å². The molecule has 2 amide bonds. The van der Waals surface area contributed by atoms with Crippen molar-refractivity contribution in [2.75, 3.05) is 5.32 Å². The van der Waals surface area contributed by atoms with Gasteiger partial charge in [-0.1, -0.05) is 31.4 Å². The summed E-state index contributed by atoms with van der Waals surface area (Å²) >= 11 is 0. The van der Waals surface area contributed by atoms with E-state index < -0.39 is 17.9 Å². The van der Waals surface area contributed by atoms with Gasteiger partial charge in [-0.2, -0.15) is 5.26 Å². The molecule has 1 aliphatic rings. The van der Waals surface area contributed by atoms with E-state index in [1.165, 1.54) is 18.6 Å². The molecule has 2 N–H and O–H groups in total. The van der Waals surface area contributed by atoms with Gasteiger partial charge in [-0.15, -0.1) is 0 Å². The summed E-state index contributed by atoms with van der Waals surface area (Å²) in [6.45, 7) is 0. The second kappa shape index (κ2) is 6.90. The first-order chi connectivity index (χ1) is 9.70. The Balaban J connectivity index is 1.92. The second-order valence-corrected chi connectivity index (χ2v) is 5.08. The van der Waals surface area contributed by atoms with E-state index in [9.17, 15) is 14.4 Å². The maximum Gasteiger partial charge on any atom is 0.320 e. The number of urea groups is 1. The third kappa shape index (κ3) is 3.70. The van der Waals surface area contributed by atoms with Crippen LogP contribution in [-0.2, 0) is 0 Å². The predicted molar refractivity (Wildman–Crippen MR) is 74.5 cm³/mol. The Morgan fingerprint density at radius 1 is 1.30 bits per heavy atom. The normalized spacial score (nSPS) is 17.0. The van der Waals surface area contributed by atoms with Gasteiger partial charge in [0.2, 0.25) is 0 Å². The Labute approximate surface area is 118 Å². The van der Waals surface area contributed by atoms with Crippen LogP contribution in [0.1, 0.15) is 32.1 Å². The van der Waals surface area contributed by atoms with Gasteiger partial charge in [-0.05, 0) is 30.9 Å². The molecular formula is C15H18FN3O. The van der Waals surface area contributed by atoms with E-state index in [0.29, 0.717) is 0 Å². The first-order valence-corrected chi connectivity index (χ1v) is 6.92. The molecule has 1 atom stereocenters. The third-order valence-corrected chi connectivity index (χ3v) is 3.67. The molecule has 1 saturated carbocycles. The number of anilines is 1. The summed E-state index contributed by atoms with van der Waals surface area (Å²) in [7, 11) is 0. The molecule has 106 valence electrons. The lowest BCUT2D eigenvalue weighted by Crippen LogP contribution is -2.42. The molecule has 0 heterocycles. The Morgan fingerprint density at radius 2 is 2.00 bits per heavy atom. The summed E-state index contributed by atoms with van der Waals surface area (Å²) in [5, 5.41) is 14.3. The van der Waals surface area contributed by atoms with Crippen LogP contribution >= 0.6 is 0 Å². The highest BCUT2D eigenvalue weighted by atomic mass is 19.1. The summed E-state index contributed by atoms with van der Waals surface area (Å²) in [6.07, 6.45) is 5.30. The third-order valence-electron chi connectivity index (χ3n) is 3.67.